The van der Waals surface area contributed by atoms with Gasteiger partial charge in [0.1, 0.15) is 11.8 Å². The lowest BCUT2D eigenvalue weighted by molar-refractivity contribution is -0.116. The molecule has 0 unspecified atom stereocenters. The Balaban J connectivity index is 1.75. The maximum absolute atomic E-state index is 12.9. The molecule has 2 aromatic rings. The van der Waals surface area contributed by atoms with E-state index in [9.17, 15) is 21.6 Å². The molecule has 0 bridgehead atoms. The molecule has 3 rings (SSSR count). The van der Waals surface area contributed by atoms with Crippen LogP contribution in [-0.2, 0) is 29.6 Å². The van der Waals surface area contributed by atoms with Crippen molar-refractivity contribution >= 4 is 37.3 Å². The third-order valence-electron chi connectivity index (χ3n) is 5.22. The average molecular weight is 512 g/mol. The van der Waals surface area contributed by atoms with Crippen LogP contribution in [-0.4, -0.2) is 72.3 Å². The van der Waals surface area contributed by atoms with E-state index in [0.29, 0.717) is 36.9 Å². The van der Waals surface area contributed by atoms with E-state index < -0.39 is 32.0 Å². The van der Waals surface area contributed by atoms with Crippen LogP contribution in [0.5, 0.6) is 5.75 Å². The van der Waals surface area contributed by atoms with Gasteiger partial charge in [-0.3, -0.25) is 9.10 Å². The molecule has 1 heterocycles. The topological polar surface area (TPSA) is 122 Å². The number of benzene rings is 2. The molecule has 1 atom stereocenters. The van der Waals surface area contributed by atoms with Crippen LogP contribution >= 0.6 is 0 Å². The first-order chi connectivity index (χ1) is 16.0. The fraction of sp³-hybridized carbons (Fsp3) is 0.409. The van der Waals surface area contributed by atoms with E-state index in [1.165, 1.54) is 35.5 Å². The highest BCUT2D eigenvalue weighted by Gasteiger charge is 2.30. The summed E-state index contributed by atoms with van der Waals surface area (Å²) in [6.45, 7) is 5.04. The minimum Gasteiger partial charge on any atom is -0.494 e. The third-order valence-corrected chi connectivity index (χ3v) is 8.37. The lowest BCUT2D eigenvalue weighted by Crippen LogP contribution is -2.45. The molecule has 1 aliphatic rings. The molecule has 10 nitrogen and oxygen atoms in total. The van der Waals surface area contributed by atoms with Crippen molar-refractivity contribution in [3.63, 3.8) is 0 Å². The summed E-state index contributed by atoms with van der Waals surface area (Å²) < 4.78 is 63.4. The molecular weight excluding hydrogens is 482 g/mol. The minimum absolute atomic E-state index is 0.104. The van der Waals surface area contributed by atoms with Gasteiger partial charge < -0.3 is 14.8 Å². The average Bonchev–Trinajstić information content (AvgIpc) is 2.80. The van der Waals surface area contributed by atoms with Gasteiger partial charge in [0.15, 0.2) is 0 Å². The Labute approximate surface area is 200 Å². The van der Waals surface area contributed by atoms with E-state index in [4.69, 9.17) is 9.47 Å². The highest BCUT2D eigenvalue weighted by Crippen LogP contribution is 2.25. The van der Waals surface area contributed by atoms with Gasteiger partial charge in [0.25, 0.3) is 0 Å². The normalized spacial score (nSPS) is 16.0. The summed E-state index contributed by atoms with van der Waals surface area (Å²) in [6.07, 6.45) is 1.03. The van der Waals surface area contributed by atoms with E-state index in [1.807, 2.05) is 6.92 Å². The zero-order valence-corrected chi connectivity index (χ0v) is 20.9. The van der Waals surface area contributed by atoms with Crippen molar-refractivity contribution < 1.29 is 31.1 Å². The number of hydrogen-bond donors (Lipinski definition) is 1. The SMILES string of the molecule is CCOc1ccc(N([C@H](C)C(=O)Nc2ccc(S(=O)(=O)N3CCOCC3)cc2)S(C)(=O)=O)cc1. The highest BCUT2D eigenvalue weighted by atomic mass is 32.2. The monoisotopic (exact) mass is 511 g/mol. The van der Waals surface area contributed by atoms with Gasteiger partial charge in [-0.2, -0.15) is 4.31 Å². The first kappa shape index (κ1) is 25.9. The number of ether oxygens (including phenoxy) is 2. The molecule has 0 aliphatic carbocycles. The molecule has 0 aromatic heterocycles. The number of nitrogens with zero attached hydrogens (tertiary/aromatic N) is 2. The smallest absolute Gasteiger partial charge is 0.247 e. The second-order valence-electron chi connectivity index (χ2n) is 7.69. The van der Waals surface area contributed by atoms with Crippen LogP contribution in [0, 0.1) is 0 Å². The van der Waals surface area contributed by atoms with Crippen molar-refractivity contribution in [3.05, 3.63) is 48.5 Å². The third kappa shape index (κ3) is 6.06. The predicted molar refractivity (Wildman–Crippen MR) is 129 cm³/mol. The molecule has 1 amide bonds. The summed E-state index contributed by atoms with van der Waals surface area (Å²) >= 11 is 0. The second-order valence-corrected chi connectivity index (χ2v) is 11.5. The molecule has 1 N–H and O–H groups in total. The van der Waals surface area contributed by atoms with Crippen LogP contribution < -0.4 is 14.4 Å². The van der Waals surface area contributed by atoms with E-state index >= 15 is 0 Å². The number of anilines is 2. The van der Waals surface area contributed by atoms with Crippen molar-refractivity contribution in [3.8, 4) is 5.75 Å². The molecule has 0 saturated carbocycles. The quantitative estimate of drug-likeness (QED) is 0.546. The molecule has 34 heavy (non-hydrogen) atoms. The van der Waals surface area contributed by atoms with Crippen LogP contribution in [0.3, 0.4) is 0 Å². The summed E-state index contributed by atoms with van der Waals surface area (Å²) in [5, 5.41) is 2.66. The number of carbonyl (C=O) groups excluding carboxylic acids is 1. The Morgan fingerprint density at radius 3 is 2.18 bits per heavy atom. The Morgan fingerprint density at radius 1 is 1.06 bits per heavy atom. The molecule has 1 fully saturated rings. The zero-order valence-electron chi connectivity index (χ0n) is 19.3. The molecule has 1 saturated heterocycles. The van der Waals surface area contributed by atoms with Gasteiger partial charge in [-0.1, -0.05) is 0 Å². The van der Waals surface area contributed by atoms with Crippen molar-refractivity contribution in [2.24, 2.45) is 0 Å². The number of nitrogens with one attached hydrogen (secondary N) is 1. The van der Waals surface area contributed by atoms with E-state index in [2.05, 4.69) is 5.32 Å². The standard InChI is InChI=1S/C22H29N3O7S2/c1-4-32-20-9-7-19(8-10-20)25(33(3,27)28)17(2)22(26)23-18-5-11-21(12-6-18)34(29,30)24-13-15-31-16-14-24/h5-12,17H,4,13-16H2,1-3H3,(H,23,26)/t17-/m1/s1. The molecular formula is C22H29N3O7S2. The van der Waals surface area contributed by atoms with Crippen LogP contribution in [0.1, 0.15) is 13.8 Å². The van der Waals surface area contributed by atoms with Gasteiger partial charge in [0.2, 0.25) is 26.0 Å². The van der Waals surface area contributed by atoms with Gasteiger partial charge in [-0.05, 0) is 62.4 Å². The van der Waals surface area contributed by atoms with E-state index in [-0.39, 0.29) is 18.0 Å². The van der Waals surface area contributed by atoms with Crippen molar-refractivity contribution in [1.82, 2.24) is 4.31 Å². The van der Waals surface area contributed by atoms with E-state index in [1.54, 1.807) is 24.3 Å². The van der Waals surface area contributed by atoms with Crippen molar-refractivity contribution in [1.29, 1.82) is 0 Å². The van der Waals surface area contributed by atoms with Gasteiger partial charge in [-0.15, -0.1) is 0 Å². The maximum atomic E-state index is 12.9. The van der Waals surface area contributed by atoms with Gasteiger partial charge in [0, 0.05) is 18.8 Å². The summed E-state index contributed by atoms with van der Waals surface area (Å²) in [6, 6.07) is 11.1. The molecule has 186 valence electrons. The minimum atomic E-state index is -3.78. The first-order valence-electron chi connectivity index (χ1n) is 10.7. The first-order valence-corrected chi connectivity index (χ1v) is 14.0. The lowest BCUT2D eigenvalue weighted by atomic mass is 10.2. The largest absolute Gasteiger partial charge is 0.494 e. The number of amides is 1. The van der Waals surface area contributed by atoms with Crippen LogP contribution in [0.2, 0.25) is 0 Å². The van der Waals surface area contributed by atoms with E-state index in [0.717, 1.165) is 10.6 Å². The Morgan fingerprint density at radius 2 is 1.65 bits per heavy atom. The Kier molecular flexibility index (Phi) is 8.18. The number of morpholine rings is 1. The molecule has 12 heteroatoms. The fourth-order valence-electron chi connectivity index (χ4n) is 3.56. The molecule has 0 radical (unpaired) electrons. The summed E-state index contributed by atoms with van der Waals surface area (Å²) in [4.78, 5) is 13.0. The van der Waals surface area contributed by atoms with Crippen LogP contribution in [0.15, 0.2) is 53.4 Å². The number of hydrogen-bond acceptors (Lipinski definition) is 7. The Bertz CT molecular complexity index is 1190. The number of carbonyl (C=O) groups is 1. The van der Waals surface area contributed by atoms with Gasteiger partial charge >= 0.3 is 0 Å². The van der Waals surface area contributed by atoms with Crippen molar-refractivity contribution in [2.75, 3.05) is 48.8 Å². The molecule has 0 spiro atoms. The van der Waals surface area contributed by atoms with Crippen LogP contribution in [0.25, 0.3) is 0 Å². The molecule has 2 aromatic carbocycles. The predicted octanol–water partition coefficient (Wildman–Crippen LogP) is 1.90. The van der Waals surface area contributed by atoms with Gasteiger partial charge in [0.05, 0.1) is 36.7 Å². The highest BCUT2D eigenvalue weighted by molar-refractivity contribution is 7.92. The number of rotatable bonds is 9. The summed E-state index contributed by atoms with van der Waals surface area (Å²) in [5.74, 6) is 0.0204. The zero-order chi connectivity index (χ0) is 24.9. The lowest BCUT2D eigenvalue weighted by Gasteiger charge is -2.28. The fourth-order valence-corrected chi connectivity index (χ4v) is 6.14. The van der Waals surface area contributed by atoms with Crippen LogP contribution in [0.4, 0.5) is 11.4 Å². The maximum Gasteiger partial charge on any atom is 0.247 e. The second kappa shape index (κ2) is 10.7. The summed E-state index contributed by atoms with van der Waals surface area (Å²) in [5.41, 5.74) is 0.665. The van der Waals surface area contributed by atoms with Gasteiger partial charge in [-0.25, -0.2) is 16.8 Å². The molecule has 1 aliphatic heterocycles. The Hall–Kier alpha value is -2.67. The summed E-state index contributed by atoms with van der Waals surface area (Å²) in [7, 11) is -7.44. The number of sulfonamides is 2. The van der Waals surface area contributed by atoms with Crippen molar-refractivity contribution in [2.45, 2.75) is 24.8 Å².